The number of halogens is 1. The lowest BCUT2D eigenvalue weighted by Crippen LogP contribution is -2.26. The number of hydrogen-bond donors (Lipinski definition) is 0. The standard InChI is InChI=1S/C15H18ClN3O2/c1-10(2)14-13(15(20)18(3)21-4)9-17-19(14)12-7-5-6-11(16)8-12/h5-10H,1-4H3. The van der Waals surface area contributed by atoms with Crippen molar-refractivity contribution in [3.8, 4) is 5.69 Å². The number of amides is 1. The zero-order valence-electron chi connectivity index (χ0n) is 12.5. The van der Waals surface area contributed by atoms with Crippen molar-refractivity contribution in [1.82, 2.24) is 14.8 Å². The second-order valence-corrected chi connectivity index (χ2v) is 5.41. The highest BCUT2D eigenvalue weighted by Gasteiger charge is 2.23. The minimum atomic E-state index is -0.227. The van der Waals surface area contributed by atoms with Crippen LogP contribution >= 0.6 is 11.6 Å². The maximum absolute atomic E-state index is 12.3. The summed E-state index contributed by atoms with van der Waals surface area (Å²) in [5.41, 5.74) is 2.17. The van der Waals surface area contributed by atoms with Crippen LogP contribution < -0.4 is 0 Å². The Hall–Kier alpha value is -1.85. The molecule has 21 heavy (non-hydrogen) atoms. The first-order chi connectivity index (χ1) is 9.95. The van der Waals surface area contributed by atoms with E-state index in [-0.39, 0.29) is 11.8 Å². The van der Waals surface area contributed by atoms with Crippen LogP contribution in [-0.4, -0.2) is 34.9 Å². The van der Waals surface area contributed by atoms with E-state index < -0.39 is 0 Å². The molecule has 0 saturated heterocycles. The van der Waals surface area contributed by atoms with Gasteiger partial charge in [0.1, 0.15) is 0 Å². The lowest BCUT2D eigenvalue weighted by atomic mass is 10.1. The Morgan fingerprint density at radius 1 is 1.43 bits per heavy atom. The second-order valence-electron chi connectivity index (χ2n) is 4.98. The van der Waals surface area contributed by atoms with Crippen LogP contribution in [0.25, 0.3) is 5.69 Å². The van der Waals surface area contributed by atoms with E-state index in [1.54, 1.807) is 24.0 Å². The molecule has 0 spiro atoms. The normalized spacial score (nSPS) is 11.0. The van der Waals surface area contributed by atoms with Gasteiger partial charge in [-0.3, -0.25) is 9.63 Å². The van der Waals surface area contributed by atoms with Crippen LogP contribution in [0.5, 0.6) is 0 Å². The lowest BCUT2D eigenvalue weighted by molar-refractivity contribution is -0.0757. The van der Waals surface area contributed by atoms with Crippen molar-refractivity contribution in [2.45, 2.75) is 19.8 Å². The second kappa shape index (κ2) is 6.28. The number of rotatable bonds is 4. The summed E-state index contributed by atoms with van der Waals surface area (Å²) in [5, 5.41) is 6.15. The van der Waals surface area contributed by atoms with Crippen molar-refractivity contribution in [2.75, 3.05) is 14.2 Å². The van der Waals surface area contributed by atoms with Crippen molar-refractivity contribution in [1.29, 1.82) is 0 Å². The van der Waals surface area contributed by atoms with Crippen molar-refractivity contribution < 1.29 is 9.63 Å². The van der Waals surface area contributed by atoms with E-state index in [9.17, 15) is 4.79 Å². The summed E-state index contributed by atoms with van der Waals surface area (Å²) in [6.45, 7) is 4.03. The smallest absolute Gasteiger partial charge is 0.274 e. The SMILES string of the molecule is CON(C)C(=O)c1cnn(-c2cccc(Cl)c2)c1C(C)C. The van der Waals surface area contributed by atoms with Crippen molar-refractivity contribution in [3.05, 3.63) is 46.7 Å². The number of carbonyl (C=O) groups is 1. The molecular weight excluding hydrogens is 290 g/mol. The number of nitrogens with zero attached hydrogens (tertiary/aromatic N) is 3. The van der Waals surface area contributed by atoms with Gasteiger partial charge in [-0.2, -0.15) is 5.10 Å². The van der Waals surface area contributed by atoms with Gasteiger partial charge >= 0.3 is 0 Å². The molecule has 0 atom stereocenters. The molecule has 0 saturated carbocycles. The van der Waals surface area contributed by atoms with Crippen LogP contribution in [0, 0.1) is 0 Å². The Balaban J connectivity index is 2.54. The Bertz CT molecular complexity index is 652. The van der Waals surface area contributed by atoms with E-state index in [2.05, 4.69) is 5.10 Å². The molecule has 2 aromatic rings. The van der Waals surface area contributed by atoms with Gasteiger partial charge in [-0.25, -0.2) is 9.75 Å². The number of benzene rings is 1. The number of aromatic nitrogens is 2. The summed E-state index contributed by atoms with van der Waals surface area (Å²) in [6, 6.07) is 7.37. The molecule has 0 radical (unpaired) electrons. The maximum Gasteiger partial charge on any atom is 0.280 e. The van der Waals surface area contributed by atoms with Crippen LogP contribution in [-0.2, 0) is 4.84 Å². The summed E-state index contributed by atoms with van der Waals surface area (Å²) >= 11 is 6.03. The molecule has 0 bridgehead atoms. The predicted octanol–water partition coefficient (Wildman–Crippen LogP) is 3.28. The van der Waals surface area contributed by atoms with E-state index in [1.165, 1.54) is 12.2 Å². The topological polar surface area (TPSA) is 47.4 Å². The third kappa shape index (κ3) is 3.09. The van der Waals surface area contributed by atoms with Gasteiger partial charge in [0, 0.05) is 12.1 Å². The largest absolute Gasteiger partial charge is 0.280 e. The number of hydroxylamine groups is 2. The maximum atomic E-state index is 12.3. The highest BCUT2D eigenvalue weighted by molar-refractivity contribution is 6.30. The molecule has 112 valence electrons. The molecule has 1 amide bonds. The molecule has 1 aromatic carbocycles. The first-order valence-electron chi connectivity index (χ1n) is 6.61. The van der Waals surface area contributed by atoms with Gasteiger partial charge in [-0.05, 0) is 24.1 Å². The Morgan fingerprint density at radius 2 is 2.14 bits per heavy atom. The van der Waals surface area contributed by atoms with Gasteiger partial charge in [0.05, 0.1) is 30.3 Å². The van der Waals surface area contributed by atoms with Crippen LogP contribution in [0.15, 0.2) is 30.5 Å². The molecule has 2 rings (SSSR count). The van der Waals surface area contributed by atoms with Crippen LogP contribution in [0.4, 0.5) is 0 Å². The fourth-order valence-corrected chi connectivity index (χ4v) is 2.33. The van der Waals surface area contributed by atoms with Gasteiger partial charge in [-0.15, -0.1) is 0 Å². The monoisotopic (exact) mass is 307 g/mol. The molecule has 1 aromatic heterocycles. The first kappa shape index (κ1) is 15.5. The average Bonchev–Trinajstić information content (AvgIpc) is 2.90. The predicted molar refractivity (Wildman–Crippen MR) is 81.8 cm³/mol. The Labute approximate surface area is 129 Å². The van der Waals surface area contributed by atoms with Crippen LogP contribution in [0.3, 0.4) is 0 Å². The summed E-state index contributed by atoms with van der Waals surface area (Å²) < 4.78 is 1.74. The molecule has 5 nitrogen and oxygen atoms in total. The average molecular weight is 308 g/mol. The van der Waals surface area contributed by atoms with E-state index in [0.29, 0.717) is 10.6 Å². The van der Waals surface area contributed by atoms with Crippen LogP contribution in [0.2, 0.25) is 5.02 Å². The van der Waals surface area contributed by atoms with E-state index in [0.717, 1.165) is 11.4 Å². The zero-order valence-corrected chi connectivity index (χ0v) is 13.3. The summed E-state index contributed by atoms with van der Waals surface area (Å²) in [4.78, 5) is 17.3. The quantitative estimate of drug-likeness (QED) is 0.814. The van der Waals surface area contributed by atoms with Gasteiger partial charge < -0.3 is 0 Å². The molecule has 0 unspecified atom stereocenters. The molecule has 0 fully saturated rings. The highest BCUT2D eigenvalue weighted by atomic mass is 35.5. The fraction of sp³-hybridized carbons (Fsp3) is 0.333. The first-order valence-corrected chi connectivity index (χ1v) is 6.99. The summed E-state index contributed by atoms with van der Waals surface area (Å²) in [5.74, 6) is -0.106. The van der Waals surface area contributed by atoms with Crippen molar-refractivity contribution in [2.24, 2.45) is 0 Å². The summed E-state index contributed by atoms with van der Waals surface area (Å²) in [7, 11) is 3.03. The number of hydrogen-bond acceptors (Lipinski definition) is 3. The Kier molecular flexibility index (Phi) is 4.65. The molecule has 0 aliphatic carbocycles. The third-order valence-corrected chi connectivity index (χ3v) is 3.43. The van der Waals surface area contributed by atoms with Crippen LogP contribution in [0.1, 0.15) is 35.8 Å². The third-order valence-electron chi connectivity index (χ3n) is 3.20. The molecule has 6 heteroatoms. The fourth-order valence-electron chi connectivity index (χ4n) is 2.14. The van der Waals surface area contributed by atoms with E-state index in [4.69, 9.17) is 16.4 Å². The molecule has 0 aliphatic heterocycles. The Morgan fingerprint density at radius 3 is 2.71 bits per heavy atom. The van der Waals surface area contributed by atoms with Crippen molar-refractivity contribution >= 4 is 17.5 Å². The molecule has 0 aliphatic rings. The van der Waals surface area contributed by atoms with Gasteiger partial charge in [-0.1, -0.05) is 31.5 Å². The highest BCUT2D eigenvalue weighted by Crippen LogP contribution is 2.25. The van der Waals surface area contributed by atoms with Gasteiger partial charge in [0.2, 0.25) is 0 Å². The number of carbonyl (C=O) groups excluding carboxylic acids is 1. The molecular formula is C15H18ClN3O2. The minimum Gasteiger partial charge on any atom is -0.274 e. The lowest BCUT2D eigenvalue weighted by Gasteiger charge is -2.16. The van der Waals surface area contributed by atoms with E-state index in [1.807, 2.05) is 32.0 Å². The summed E-state index contributed by atoms with van der Waals surface area (Å²) in [6.07, 6.45) is 1.56. The van der Waals surface area contributed by atoms with Crippen molar-refractivity contribution in [3.63, 3.8) is 0 Å². The minimum absolute atomic E-state index is 0.121. The van der Waals surface area contributed by atoms with E-state index >= 15 is 0 Å². The molecule has 0 N–H and O–H groups in total. The van der Waals surface area contributed by atoms with Gasteiger partial charge in [0.25, 0.3) is 5.91 Å². The zero-order chi connectivity index (χ0) is 15.6. The molecule has 1 heterocycles. The van der Waals surface area contributed by atoms with Gasteiger partial charge in [0.15, 0.2) is 0 Å².